The molecule has 0 radical (unpaired) electrons. The van der Waals surface area contributed by atoms with Crippen LogP contribution in [0.4, 0.5) is 0 Å². The standard InChI is InChI=1S/C28H33NS/c1-21(2)25-16-11-17-26(22(3)4)27(25)18-28(30)29(19-23-12-7-5-8-13-23)20-24-14-9-6-10-15-24/h5-17,21-22H,18-20H2,1-4H3. The molecule has 0 aliphatic rings. The van der Waals surface area contributed by atoms with Crippen LogP contribution in [0.2, 0.25) is 0 Å². The summed E-state index contributed by atoms with van der Waals surface area (Å²) in [7, 11) is 0. The minimum atomic E-state index is 0.484. The lowest BCUT2D eigenvalue weighted by Gasteiger charge is -2.28. The van der Waals surface area contributed by atoms with Crippen LogP contribution in [0.3, 0.4) is 0 Å². The molecule has 0 aromatic heterocycles. The van der Waals surface area contributed by atoms with Gasteiger partial charge in [-0.15, -0.1) is 0 Å². The molecule has 0 aliphatic carbocycles. The van der Waals surface area contributed by atoms with Crippen LogP contribution in [0.25, 0.3) is 0 Å². The van der Waals surface area contributed by atoms with Crippen molar-refractivity contribution in [2.24, 2.45) is 0 Å². The van der Waals surface area contributed by atoms with E-state index in [1.54, 1.807) is 0 Å². The fraction of sp³-hybridized carbons (Fsp3) is 0.321. The Hall–Kier alpha value is -2.45. The van der Waals surface area contributed by atoms with Crippen molar-refractivity contribution in [2.75, 3.05) is 0 Å². The van der Waals surface area contributed by atoms with Crippen molar-refractivity contribution in [1.82, 2.24) is 4.90 Å². The van der Waals surface area contributed by atoms with Crippen molar-refractivity contribution in [2.45, 2.75) is 59.0 Å². The van der Waals surface area contributed by atoms with E-state index in [0.29, 0.717) is 11.8 Å². The summed E-state index contributed by atoms with van der Waals surface area (Å²) in [5, 5.41) is 0. The van der Waals surface area contributed by atoms with Crippen LogP contribution in [0, 0.1) is 0 Å². The lowest BCUT2D eigenvalue weighted by Crippen LogP contribution is -2.30. The summed E-state index contributed by atoms with van der Waals surface area (Å²) in [6.07, 6.45) is 0.816. The normalized spacial score (nSPS) is 11.1. The molecule has 2 heteroatoms. The Morgan fingerprint density at radius 3 is 1.50 bits per heavy atom. The topological polar surface area (TPSA) is 3.24 Å². The van der Waals surface area contributed by atoms with Gasteiger partial charge in [0.05, 0.1) is 4.99 Å². The smallest absolute Gasteiger partial charge is 0.0829 e. The van der Waals surface area contributed by atoms with Crippen molar-refractivity contribution in [3.05, 3.63) is 107 Å². The molecule has 0 spiro atoms. The highest BCUT2D eigenvalue weighted by Gasteiger charge is 2.18. The highest BCUT2D eigenvalue weighted by Crippen LogP contribution is 2.29. The molecule has 3 aromatic carbocycles. The highest BCUT2D eigenvalue weighted by molar-refractivity contribution is 7.80. The van der Waals surface area contributed by atoms with E-state index in [2.05, 4.69) is 111 Å². The molecule has 0 aliphatic heterocycles. The summed E-state index contributed by atoms with van der Waals surface area (Å²) in [5.41, 5.74) is 6.83. The quantitative estimate of drug-likeness (QED) is 0.350. The molecule has 0 atom stereocenters. The average Bonchev–Trinajstić information content (AvgIpc) is 2.74. The fourth-order valence-corrected chi connectivity index (χ4v) is 4.29. The second-order valence-corrected chi connectivity index (χ2v) is 9.09. The van der Waals surface area contributed by atoms with Gasteiger partial charge in [0, 0.05) is 19.5 Å². The fourth-order valence-electron chi connectivity index (χ4n) is 4.01. The monoisotopic (exact) mass is 415 g/mol. The average molecular weight is 416 g/mol. The van der Waals surface area contributed by atoms with E-state index in [-0.39, 0.29) is 0 Å². The van der Waals surface area contributed by atoms with Gasteiger partial charge in [0.2, 0.25) is 0 Å². The van der Waals surface area contributed by atoms with Crippen LogP contribution in [0.15, 0.2) is 78.9 Å². The maximum atomic E-state index is 6.07. The summed E-state index contributed by atoms with van der Waals surface area (Å²) in [5.74, 6) is 0.969. The van der Waals surface area contributed by atoms with E-state index >= 15 is 0 Å². The molecule has 0 N–H and O–H groups in total. The molecule has 0 saturated carbocycles. The van der Waals surface area contributed by atoms with Crippen LogP contribution in [0.5, 0.6) is 0 Å². The van der Waals surface area contributed by atoms with Gasteiger partial charge in [0.1, 0.15) is 0 Å². The summed E-state index contributed by atoms with van der Waals surface area (Å²) < 4.78 is 0. The Labute approximate surface area is 187 Å². The predicted octanol–water partition coefficient (Wildman–Crippen LogP) is 7.51. The molecule has 1 nitrogen and oxygen atoms in total. The van der Waals surface area contributed by atoms with E-state index in [0.717, 1.165) is 24.5 Å². The number of rotatable bonds is 8. The zero-order chi connectivity index (χ0) is 21.5. The number of hydrogen-bond donors (Lipinski definition) is 0. The van der Waals surface area contributed by atoms with Gasteiger partial charge in [-0.25, -0.2) is 0 Å². The Balaban J connectivity index is 1.91. The third kappa shape index (κ3) is 5.79. The minimum absolute atomic E-state index is 0.484. The van der Waals surface area contributed by atoms with Gasteiger partial charge in [0.25, 0.3) is 0 Å². The van der Waals surface area contributed by atoms with Gasteiger partial charge in [-0.1, -0.05) is 119 Å². The molecule has 3 aromatic rings. The minimum Gasteiger partial charge on any atom is -0.357 e. The molecule has 0 saturated heterocycles. The largest absolute Gasteiger partial charge is 0.357 e. The van der Waals surface area contributed by atoms with E-state index in [1.807, 2.05) is 0 Å². The van der Waals surface area contributed by atoms with Crippen LogP contribution < -0.4 is 0 Å². The molecule has 0 fully saturated rings. The molecule has 0 bridgehead atoms. The molecular weight excluding hydrogens is 382 g/mol. The summed E-state index contributed by atoms with van der Waals surface area (Å²) in [6.45, 7) is 10.8. The molecule has 30 heavy (non-hydrogen) atoms. The summed E-state index contributed by atoms with van der Waals surface area (Å²) in [4.78, 5) is 3.37. The lowest BCUT2D eigenvalue weighted by atomic mass is 9.87. The SMILES string of the molecule is CC(C)c1cccc(C(C)C)c1CC(=S)N(Cc1ccccc1)Cc1ccccc1. The third-order valence-electron chi connectivity index (χ3n) is 5.61. The second kappa shape index (κ2) is 10.5. The maximum absolute atomic E-state index is 6.07. The van der Waals surface area contributed by atoms with Gasteiger partial charge < -0.3 is 4.90 Å². The van der Waals surface area contributed by atoms with Crippen LogP contribution >= 0.6 is 12.2 Å². The Morgan fingerprint density at radius 1 is 0.667 bits per heavy atom. The maximum Gasteiger partial charge on any atom is 0.0829 e. The van der Waals surface area contributed by atoms with E-state index in [9.17, 15) is 0 Å². The van der Waals surface area contributed by atoms with Gasteiger partial charge >= 0.3 is 0 Å². The first kappa shape index (κ1) is 22.2. The lowest BCUT2D eigenvalue weighted by molar-refractivity contribution is 0.407. The van der Waals surface area contributed by atoms with E-state index in [4.69, 9.17) is 12.2 Å². The Bertz CT molecular complexity index is 877. The zero-order valence-electron chi connectivity index (χ0n) is 18.6. The van der Waals surface area contributed by atoms with Crippen molar-refractivity contribution in [3.63, 3.8) is 0 Å². The van der Waals surface area contributed by atoms with Crippen LogP contribution in [-0.2, 0) is 19.5 Å². The molecule has 156 valence electrons. The van der Waals surface area contributed by atoms with Crippen molar-refractivity contribution in [3.8, 4) is 0 Å². The Kier molecular flexibility index (Phi) is 7.81. The van der Waals surface area contributed by atoms with Crippen molar-refractivity contribution < 1.29 is 0 Å². The number of thiocarbonyl (C=S) groups is 1. The van der Waals surface area contributed by atoms with Gasteiger partial charge in [-0.3, -0.25) is 0 Å². The number of benzene rings is 3. The van der Waals surface area contributed by atoms with Gasteiger partial charge in [0.15, 0.2) is 0 Å². The predicted molar refractivity (Wildman–Crippen MR) is 133 cm³/mol. The van der Waals surface area contributed by atoms with Crippen LogP contribution in [0.1, 0.15) is 67.3 Å². The molecule has 0 heterocycles. The molecule has 0 unspecified atom stereocenters. The first-order chi connectivity index (χ1) is 14.5. The molecular formula is C28H33NS. The van der Waals surface area contributed by atoms with Crippen molar-refractivity contribution >= 4 is 17.2 Å². The van der Waals surface area contributed by atoms with E-state index < -0.39 is 0 Å². The van der Waals surface area contributed by atoms with Crippen molar-refractivity contribution in [1.29, 1.82) is 0 Å². The first-order valence-corrected chi connectivity index (χ1v) is 11.3. The van der Waals surface area contributed by atoms with Gasteiger partial charge in [-0.2, -0.15) is 0 Å². The summed E-state index contributed by atoms with van der Waals surface area (Å²) >= 11 is 6.07. The van der Waals surface area contributed by atoms with Crippen LogP contribution in [-0.4, -0.2) is 9.89 Å². The van der Waals surface area contributed by atoms with E-state index in [1.165, 1.54) is 27.8 Å². The highest BCUT2D eigenvalue weighted by atomic mass is 32.1. The number of nitrogens with zero attached hydrogens (tertiary/aromatic N) is 1. The zero-order valence-corrected chi connectivity index (χ0v) is 19.5. The second-order valence-electron chi connectivity index (χ2n) is 8.62. The summed E-state index contributed by atoms with van der Waals surface area (Å²) in [6, 6.07) is 28.0. The Morgan fingerprint density at radius 2 is 1.10 bits per heavy atom. The molecule has 0 amide bonds. The first-order valence-electron chi connectivity index (χ1n) is 10.9. The number of hydrogen-bond acceptors (Lipinski definition) is 1. The third-order valence-corrected chi connectivity index (χ3v) is 6.01. The van der Waals surface area contributed by atoms with Gasteiger partial charge in [-0.05, 0) is 39.7 Å². The molecule has 3 rings (SSSR count).